The van der Waals surface area contributed by atoms with Gasteiger partial charge in [0.1, 0.15) is 0 Å². The van der Waals surface area contributed by atoms with Crippen molar-refractivity contribution in [3.05, 3.63) is 12.2 Å². The van der Waals surface area contributed by atoms with Crippen molar-refractivity contribution in [2.24, 2.45) is 11.8 Å². The highest BCUT2D eigenvalue weighted by Crippen LogP contribution is 2.39. The lowest BCUT2D eigenvalue weighted by Gasteiger charge is -2.09. The van der Waals surface area contributed by atoms with Crippen LogP contribution < -0.4 is 0 Å². The van der Waals surface area contributed by atoms with Gasteiger partial charge in [0, 0.05) is 11.8 Å². The highest BCUT2D eigenvalue weighted by molar-refractivity contribution is 5.11. The lowest BCUT2D eigenvalue weighted by molar-refractivity contribution is 0.336. The summed E-state index contributed by atoms with van der Waals surface area (Å²) in [4.78, 5) is 0. The van der Waals surface area contributed by atoms with Gasteiger partial charge in [0.15, 0.2) is 0 Å². The Labute approximate surface area is 55.7 Å². The third-order valence-electron chi connectivity index (χ3n) is 2.32. The molecule has 2 aliphatic rings. The van der Waals surface area contributed by atoms with E-state index in [-0.39, 0.29) is 0 Å². The highest BCUT2D eigenvalue weighted by Gasteiger charge is 2.46. The van der Waals surface area contributed by atoms with Gasteiger partial charge < -0.3 is 4.74 Å². The van der Waals surface area contributed by atoms with Gasteiger partial charge in [-0.1, -0.05) is 26.0 Å². The molecule has 0 spiro atoms. The molecule has 1 nitrogen and oxygen atoms in total. The van der Waals surface area contributed by atoms with Crippen molar-refractivity contribution in [1.29, 1.82) is 0 Å². The lowest BCUT2D eigenvalue weighted by atomic mass is 9.91. The molecule has 0 aromatic carbocycles. The quantitative estimate of drug-likeness (QED) is 0.353. The first-order chi connectivity index (χ1) is 4.29. The Balaban J connectivity index is 2.15. The van der Waals surface area contributed by atoms with Crippen LogP contribution in [-0.4, -0.2) is 12.2 Å². The van der Waals surface area contributed by atoms with Crippen molar-refractivity contribution in [2.45, 2.75) is 26.1 Å². The molecule has 1 heteroatoms. The summed E-state index contributed by atoms with van der Waals surface area (Å²) in [5.41, 5.74) is 0. The topological polar surface area (TPSA) is 12.5 Å². The number of rotatable bonds is 0. The fraction of sp³-hybridized carbons (Fsp3) is 0.750. The lowest BCUT2D eigenvalue weighted by Crippen LogP contribution is -2.14. The van der Waals surface area contributed by atoms with E-state index >= 15 is 0 Å². The van der Waals surface area contributed by atoms with E-state index in [4.69, 9.17) is 4.74 Å². The van der Waals surface area contributed by atoms with Gasteiger partial charge in [0.25, 0.3) is 0 Å². The van der Waals surface area contributed by atoms with Crippen molar-refractivity contribution < 1.29 is 4.74 Å². The van der Waals surface area contributed by atoms with Gasteiger partial charge in [0.2, 0.25) is 0 Å². The molecule has 1 aliphatic heterocycles. The SMILES string of the molecule is CC1C=CC(C)C2OC12. The summed E-state index contributed by atoms with van der Waals surface area (Å²) in [6, 6.07) is 0. The van der Waals surface area contributed by atoms with Crippen molar-refractivity contribution in [3.63, 3.8) is 0 Å². The third-order valence-corrected chi connectivity index (χ3v) is 2.32. The molecule has 0 N–H and O–H groups in total. The van der Waals surface area contributed by atoms with Crippen LogP contribution in [0.3, 0.4) is 0 Å². The minimum Gasteiger partial charge on any atom is -0.368 e. The van der Waals surface area contributed by atoms with Crippen molar-refractivity contribution in [3.8, 4) is 0 Å². The van der Waals surface area contributed by atoms with Crippen LogP contribution in [0.1, 0.15) is 13.8 Å². The molecular weight excluding hydrogens is 112 g/mol. The Bertz CT molecular complexity index is 135. The molecule has 1 aliphatic carbocycles. The number of hydrogen-bond donors (Lipinski definition) is 0. The van der Waals surface area contributed by atoms with E-state index in [1.807, 2.05) is 0 Å². The van der Waals surface area contributed by atoms with Crippen LogP contribution in [0.5, 0.6) is 0 Å². The zero-order chi connectivity index (χ0) is 6.43. The number of epoxide rings is 1. The van der Waals surface area contributed by atoms with Crippen molar-refractivity contribution >= 4 is 0 Å². The molecule has 0 saturated carbocycles. The zero-order valence-electron chi connectivity index (χ0n) is 5.87. The predicted molar refractivity (Wildman–Crippen MR) is 36.1 cm³/mol. The molecule has 50 valence electrons. The van der Waals surface area contributed by atoms with Gasteiger partial charge >= 0.3 is 0 Å². The van der Waals surface area contributed by atoms with Crippen LogP contribution in [0, 0.1) is 11.8 Å². The summed E-state index contributed by atoms with van der Waals surface area (Å²) in [5, 5.41) is 0. The average molecular weight is 124 g/mol. The molecule has 0 amide bonds. The first-order valence-electron chi connectivity index (χ1n) is 3.63. The molecular formula is C8H12O. The molecule has 0 aromatic rings. The van der Waals surface area contributed by atoms with Crippen LogP contribution in [0.25, 0.3) is 0 Å². The maximum atomic E-state index is 5.44. The first-order valence-corrected chi connectivity index (χ1v) is 3.63. The molecule has 2 rings (SSSR count). The molecule has 0 aromatic heterocycles. The predicted octanol–water partition coefficient (Wildman–Crippen LogP) is 1.60. The normalized spacial score (nSPS) is 54.9. The summed E-state index contributed by atoms with van der Waals surface area (Å²) < 4.78 is 5.44. The fourth-order valence-electron chi connectivity index (χ4n) is 1.55. The van der Waals surface area contributed by atoms with Gasteiger partial charge in [0.05, 0.1) is 12.2 Å². The summed E-state index contributed by atoms with van der Waals surface area (Å²) in [5.74, 6) is 1.32. The summed E-state index contributed by atoms with van der Waals surface area (Å²) in [7, 11) is 0. The fourth-order valence-corrected chi connectivity index (χ4v) is 1.55. The standard InChI is InChI=1S/C8H12O/c1-5-3-4-6(2)8-7(5)9-8/h3-8H,1-2H3. The van der Waals surface area contributed by atoms with Gasteiger partial charge in [-0.3, -0.25) is 0 Å². The second-order valence-electron chi connectivity index (χ2n) is 3.17. The molecule has 1 fully saturated rings. The highest BCUT2D eigenvalue weighted by atomic mass is 16.6. The Morgan fingerprint density at radius 2 is 1.44 bits per heavy atom. The van der Waals surface area contributed by atoms with Crippen molar-refractivity contribution in [1.82, 2.24) is 0 Å². The first kappa shape index (κ1) is 5.48. The molecule has 0 bridgehead atoms. The average Bonchev–Trinajstić information content (AvgIpc) is 2.57. The van der Waals surface area contributed by atoms with Gasteiger partial charge in [-0.05, 0) is 0 Å². The maximum absolute atomic E-state index is 5.44. The van der Waals surface area contributed by atoms with E-state index in [2.05, 4.69) is 26.0 Å². The number of hydrogen-bond acceptors (Lipinski definition) is 1. The van der Waals surface area contributed by atoms with Crippen molar-refractivity contribution in [2.75, 3.05) is 0 Å². The second-order valence-corrected chi connectivity index (χ2v) is 3.17. The monoisotopic (exact) mass is 124 g/mol. The van der Waals surface area contributed by atoms with Crippen LogP contribution in [0.2, 0.25) is 0 Å². The molecule has 1 heterocycles. The third kappa shape index (κ3) is 0.715. The summed E-state index contributed by atoms with van der Waals surface area (Å²) in [6.45, 7) is 4.43. The van der Waals surface area contributed by atoms with Crippen LogP contribution in [0.4, 0.5) is 0 Å². The maximum Gasteiger partial charge on any atom is 0.0907 e. The largest absolute Gasteiger partial charge is 0.368 e. The van der Waals surface area contributed by atoms with E-state index < -0.39 is 0 Å². The minimum atomic E-state index is 0.560. The Morgan fingerprint density at radius 1 is 1.00 bits per heavy atom. The van der Waals surface area contributed by atoms with Crippen LogP contribution in [0.15, 0.2) is 12.2 Å². The number of fused-ring (bicyclic) bond motifs is 1. The number of ether oxygens (including phenoxy) is 1. The second kappa shape index (κ2) is 1.60. The van der Waals surface area contributed by atoms with Crippen LogP contribution >= 0.6 is 0 Å². The summed E-state index contributed by atoms with van der Waals surface area (Å²) in [6.07, 6.45) is 5.65. The summed E-state index contributed by atoms with van der Waals surface area (Å²) >= 11 is 0. The molecule has 1 saturated heterocycles. The Morgan fingerprint density at radius 3 is 1.89 bits per heavy atom. The van der Waals surface area contributed by atoms with Gasteiger partial charge in [-0.2, -0.15) is 0 Å². The molecule has 4 unspecified atom stereocenters. The van der Waals surface area contributed by atoms with E-state index in [0.717, 1.165) is 0 Å². The van der Waals surface area contributed by atoms with E-state index in [9.17, 15) is 0 Å². The van der Waals surface area contributed by atoms with E-state index in [1.54, 1.807) is 0 Å². The van der Waals surface area contributed by atoms with Gasteiger partial charge in [-0.25, -0.2) is 0 Å². The van der Waals surface area contributed by atoms with Crippen LogP contribution in [-0.2, 0) is 4.74 Å². The van der Waals surface area contributed by atoms with Gasteiger partial charge in [-0.15, -0.1) is 0 Å². The Hall–Kier alpha value is -0.300. The zero-order valence-corrected chi connectivity index (χ0v) is 5.87. The Kier molecular flexibility index (Phi) is 0.974. The molecule has 4 atom stereocenters. The molecule has 9 heavy (non-hydrogen) atoms. The minimum absolute atomic E-state index is 0.560. The smallest absolute Gasteiger partial charge is 0.0907 e. The molecule has 0 radical (unpaired) electrons. The van der Waals surface area contributed by atoms with E-state index in [1.165, 1.54) is 0 Å². The van der Waals surface area contributed by atoms with E-state index in [0.29, 0.717) is 24.0 Å².